The predicted molar refractivity (Wildman–Crippen MR) is 123 cm³/mol. The lowest BCUT2D eigenvalue weighted by Gasteiger charge is -2.30. The van der Waals surface area contributed by atoms with Gasteiger partial charge in [-0.3, -0.25) is 0 Å². The fourth-order valence-corrected chi connectivity index (χ4v) is 4.46. The summed E-state index contributed by atoms with van der Waals surface area (Å²) in [6.45, 7) is 12.7. The SMILES string of the molecule is CCCCNc1ccccc1C(C)(C)C/C=C1/N(C)c2ccccc2C1(C)C. The monoisotopic (exact) mass is 376 g/mol. The first kappa shape index (κ1) is 20.5. The van der Waals surface area contributed by atoms with Crippen LogP contribution in [0.15, 0.2) is 60.3 Å². The first-order valence-electron chi connectivity index (χ1n) is 10.7. The first-order valence-corrected chi connectivity index (χ1v) is 10.7. The van der Waals surface area contributed by atoms with Crippen LogP contribution < -0.4 is 10.2 Å². The largest absolute Gasteiger partial charge is 0.385 e. The van der Waals surface area contributed by atoms with Gasteiger partial charge in [0.05, 0.1) is 0 Å². The van der Waals surface area contributed by atoms with Gasteiger partial charge in [0, 0.05) is 36.1 Å². The van der Waals surface area contributed by atoms with Gasteiger partial charge >= 0.3 is 0 Å². The molecule has 0 aromatic heterocycles. The summed E-state index contributed by atoms with van der Waals surface area (Å²) in [6, 6.07) is 17.6. The molecular formula is C26H36N2. The standard InChI is InChI=1S/C26H36N2/c1-7-8-19-27-22-15-11-9-13-20(22)25(2,3)18-17-24-26(4,5)21-14-10-12-16-23(21)28(24)6/h9-17,27H,7-8,18-19H2,1-6H3/b24-17+. The van der Waals surface area contributed by atoms with E-state index < -0.39 is 0 Å². The van der Waals surface area contributed by atoms with Crippen LogP contribution in [0.25, 0.3) is 0 Å². The minimum atomic E-state index is 0.0420. The summed E-state index contributed by atoms with van der Waals surface area (Å²) in [7, 11) is 2.20. The highest BCUT2D eigenvalue weighted by atomic mass is 15.2. The van der Waals surface area contributed by atoms with E-state index in [0.29, 0.717) is 0 Å². The van der Waals surface area contributed by atoms with Crippen LogP contribution in [-0.2, 0) is 10.8 Å². The van der Waals surface area contributed by atoms with Crippen molar-refractivity contribution in [3.8, 4) is 0 Å². The van der Waals surface area contributed by atoms with Crippen molar-refractivity contribution in [2.45, 2.75) is 64.7 Å². The van der Waals surface area contributed by atoms with Gasteiger partial charge in [-0.05, 0) is 41.5 Å². The van der Waals surface area contributed by atoms with E-state index in [2.05, 4.69) is 106 Å². The summed E-state index contributed by atoms with van der Waals surface area (Å²) in [5, 5.41) is 3.66. The van der Waals surface area contributed by atoms with Gasteiger partial charge in [0.15, 0.2) is 0 Å². The maximum atomic E-state index is 3.66. The van der Waals surface area contributed by atoms with Gasteiger partial charge in [-0.15, -0.1) is 0 Å². The molecule has 1 aliphatic heterocycles. The normalized spacial score (nSPS) is 17.1. The number of likely N-dealkylation sites (N-methyl/N-ethyl adjacent to an activating group) is 1. The molecule has 2 aromatic rings. The third-order valence-electron chi connectivity index (χ3n) is 6.25. The van der Waals surface area contributed by atoms with E-state index in [1.54, 1.807) is 0 Å². The molecule has 28 heavy (non-hydrogen) atoms. The van der Waals surface area contributed by atoms with Crippen LogP contribution in [0, 0.1) is 0 Å². The number of fused-ring (bicyclic) bond motifs is 1. The van der Waals surface area contributed by atoms with Crippen molar-refractivity contribution in [1.29, 1.82) is 0 Å². The van der Waals surface area contributed by atoms with Gasteiger partial charge in [0.1, 0.15) is 0 Å². The zero-order valence-electron chi connectivity index (χ0n) is 18.5. The van der Waals surface area contributed by atoms with Gasteiger partial charge < -0.3 is 10.2 Å². The third kappa shape index (κ3) is 3.83. The van der Waals surface area contributed by atoms with Gasteiger partial charge in [-0.2, -0.15) is 0 Å². The number of anilines is 2. The predicted octanol–water partition coefficient (Wildman–Crippen LogP) is 6.88. The molecule has 0 amide bonds. The molecule has 2 nitrogen and oxygen atoms in total. The Balaban J connectivity index is 1.86. The molecule has 1 heterocycles. The maximum Gasteiger partial charge on any atom is 0.0447 e. The number of nitrogens with zero attached hydrogens (tertiary/aromatic N) is 1. The molecule has 150 valence electrons. The minimum Gasteiger partial charge on any atom is -0.385 e. The summed E-state index contributed by atoms with van der Waals surface area (Å²) in [6.07, 6.45) is 5.89. The summed E-state index contributed by atoms with van der Waals surface area (Å²) in [5.41, 5.74) is 6.94. The van der Waals surface area contributed by atoms with Gasteiger partial charge in [0.25, 0.3) is 0 Å². The molecule has 1 N–H and O–H groups in total. The highest BCUT2D eigenvalue weighted by Crippen LogP contribution is 2.47. The number of benzene rings is 2. The molecular weight excluding hydrogens is 340 g/mol. The zero-order valence-corrected chi connectivity index (χ0v) is 18.5. The molecule has 2 aromatic carbocycles. The van der Waals surface area contributed by atoms with Crippen molar-refractivity contribution >= 4 is 11.4 Å². The Morgan fingerprint density at radius 2 is 1.71 bits per heavy atom. The van der Waals surface area contributed by atoms with Crippen LogP contribution in [0.3, 0.4) is 0 Å². The van der Waals surface area contributed by atoms with E-state index in [1.807, 2.05) is 0 Å². The van der Waals surface area contributed by atoms with Crippen molar-refractivity contribution in [2.24, 2.45) is 0 Å². The number of hydrogen-bond donors (Lipinski definition) is 1. The average Bonchev–Trinajstić information content (AvgIpc) is 2.87. The Morgan fingerprint density at radius 3 is 2.43 bits per heavy atom. The third-order valence-corrected chi connectivity index (χ3v) is 6.25. The number of para-hydroxylation sites is 2. The summed E-state index contributed by atoms with van der Waals surface area (Å²) < 4.78 is 0. The Morgan fingerprint density at radius 1 is 1.04 bits per heavy atom. The lowest BCUT2D eigenvalue weighted by atomic mass is 9.78. The Bertz CT molecular complexity index is 845. The lowest BCUT2D eigenvalue weighted by molar-refractivity contribution is 0.526. The van der Waals surface area contributed by atoms with Crippen LogP contribution in [0.2, 0.25) is 0 Å². The zero-order chi connectivity index (χ0) is 20.4. The van der Waals surface area contributed by atoms with Crippen LogP contribution >= 0.6 is 0 Å². The fraction of sp³-hybridized carbons (Fsp3) is 0.462. The van der Waals surface area contributed by atoms with Crippen molar-refractivity contribution in [3.63, 3.8) is 0 Å². The fourth-order valence-electron chi connectivity index (χ4n) is 4.46. The second-order valence-electron chi connectivity index (χ2n) is 9.20. The first-order chi connectivity index (χ1) is 13.3. The van der Waals surface area contributed by atoms with E-state index in [4.69, 9.17) is 0 Å². The molecule has 0 fully saturated rings. The van der Waals surface area contributed by atoms with Crippen molar-refractivity contribution in [3.05, 3.63) is 71.4 Å². The molecule has 0 radical (unpaired) electrons. The van der Waals surface area contributed by atoms with Gasteiger partial charge in [0.2, 0.25) is 0 Å². The number of unbranched alkanes of at least 4 members (excludes halogenated alkanes) is 1. The summed E-state index contributed by atoms with van der Waals surface area (Å²) in [4.78, 5) is 2.37. The van der Waals surface area contributed by atoms with Gasteiger partial charge in [-0.25, -0.2) is 0 Å². The van der Waals surface area contributed by atoms with Crippen molar-refractivity contribution in [2.75, 3.05) is 23.8 Å². The van der Waals surface area contributed by atoms with E-state index >= 15 is 0 Å². The second-order valence-corrected chi connectivity index (χ2v) is 9.20. The number of nitrogens with one attached hydrogen (secondary N) is 1. The number of hydrogen-bond acceptors (Lipinski definition) is 2. The topological polar surface area (TPSA) is 15.3 Å². The molecule has 0 unspecified atom stereocenters. The van der Waals surface area contributed by atoms with Crippen LogP contribution in [0.5, 0.6) is 0 Å². The van der Waals surface area contributed by atoms with E-state index in [-0.39, 0.29) is 10.8 Å². The number of rotatable bonds is 7. The van der Waals surface area contributed by atoms with E-state index in [0.717, 1.165) is 13.0 Å². The molecule has 0 saturated carbocycles. The molecule has 3 rings (SSSR count). The minimum absolute atomic E-state index is 0.0420. The summed E-state index contributed by atoms with van der Waals surface area (Å²) >= 11 is 0. The smallest absolute Gasteiger partial charge is 0.0447 e. The Labute approximate surface area is 171 Å². The molecule has 0 aliphatic carbocycles. The van der Waals surface area contributed by atoms with Crippen molar-refractivity contribution in [1.82, 2.24) is 0 Å². The van der Waals surface area contributed by atoms with E-state index in [1.165, 1.54) is 41.0 Å². The van der Waals surface area contributed by atoms with Crippen LogP contribution in [0.1, 0.15) is 65.0 Å². The highest BCUT2D eigenvalue weighted by molar-refractivity contribution is 5.69. The molecule has 2 heteroatoms. The Hall–Kier alpha value is -2.22. The molecule has 0 saturated heterocycles. The lowest BCUT2D eigenvalue weighted by Crippen LogP contribution is -2.25. The quantitative estimate of drug-likeness (QED) is 0.530. The van der Waals surface area contributed by atoms with E-state index in [9.17, 15) is 0 Å². The number of allylic oxidation sites excluding steroid dienone is 2. The van der Waals surface area contributed by atoms with Crippen molar-refractivity contribution < 1.29 is 0 Å². The highest BCUT2D eigenvalue weighted by Gasteiger charge is 2.38. The average molecular weight is 377 g/mol. The molecule has 0 atom stereocenters. The summed E-state index contributed by atoms with van der Waals surface area (Å²) in [5.74, 6) is 0. The molecule has 0 bridgehead atoms. The van der Waals surface area contributed by atoms with Gasteiger partial charge in [-0.1, -0.05) is 83.5 Å². The van der Waals surface area contributed by atoms with Crippen LogP contribution in [-0.4, -0.2) is 13.6 Å². The molecule has 1 aliphatic rings. The van der Waals surface area contributed by atoms with Crippen LogP contribution in [0.4, 0.5) is 11.4 Å². The molecule has 0 spiro atoms. The Kier molecular flexibility index (Phi) is 5.88. The second kappa shape index (κ2) is 8.03. The maximum absolute atomic E-state index is 3.66.